The molecule has 0 N–H and O–H groups in total. The van der Waals surface area contributed by atoms with Crippen LogP contribution in [0.25, 0.3) is 0 Å². The largest absolute Gasteiger partial charge is 0.491 e. The van der Waals surface area contributed by atoms with E-state index in [0.29, 0.717) is 37.5 Å². The molecule has 0 saturated carbocycles. The van der Waals surface area contributed by atoms with Crippen LogP contribution in [0.1, 0.15) is 40.0 Å². The molecule has 3 aliphatic heterocycles. The molecule has 3 saturated heterocycles. The van der Waals surface area contributed by atoms with Crippen LogP contribution in [-0.2, 0) is 9.53 Å². The van der Waals surface area contributed by atoms with Crippen molar-refractivity contribution in [2.45, 2.75) is 46.1 Å². The van der Waals surface area contributed by atoms with Crippen LogP contribution < -0.4 is 9.64 Å². The van der Waals surface area contributed by atoms with E-state index in [2.05, 4.69) is 42.7 Å². The second-order valence-corrected chi connectivity index (χ2v) is 8.61. The van der Waals surface area contributed by atoms with Crippen LogP contribution in [-0.4, -0.2) is 56.8 Å². The molecule has 1 amide bonds. The third-order valence-corrected chi connectivity index (χ3v) is 5.96. The number of benzene rings is 1. The first-order chi connectivity index (χ1) is 12.9. The number of ether oxygens (including phenoxy) is 2. The van der Waals surface area contributed by atoms with Gasteiger partial charge in [-0.1, -0.05) is 20.8 Å². The number of carbonyl (C=O) groups is 1. The Kier molecular flexibility index (Phi) is 6.30. The number of hydrogen-bond acceptors (Lipinski definition) is 4. The van der Waals surface area contributed by atoms with Crippen molar-refractivity contribution in [1.29, 1.82) is 0 Å². The van der Waals surface area contributed by atoms with E-state index < -0.39 is 0 Å². The van der Waals surface area contributed by atoms with Crippen molar-refractivity contribution in [3.63, 3.8) is 0 Å². The predicted molar refractivity (Wildman–Crippen MR) is 108 cm³/mol. The zero-order valence-corrected chi connectivity index (χ0v) is 17.2. The van der Waals surface area contributed by atoms with Gasteiger partial charge >= 0.3 is 0 Å². The maximum absolute atomic E-state index is 12.6. The van der Waals surface area contributed by atoms with E-state index in [9.17, 15) is 4.79 Å². The molecule has 3 aliphatic rings. The Morgan fingerprint density at radius 2 is 1.89 bits per heavy atom. The third-order valence-electron chi connectivity index (χ3n) is 5.96. The summed E-state index contributed by atoms with van der Waals surface area (Å²) in [6, 6.07) is 8.72. The third kappa shape index (κ3) is 4.57. The van der Waals surface area contributed by atoms with Crippen molar-refractivity contribution in [3.8, 4) is 5.75 Å². The Hall–Kier alpha value is -1.75. The Labute approximate surface area is 163 Å². The molecule has 27 heavy (non-hydrogen) atoms. The summed E-state index contributed by atoms with van der Waals surface area (Å²) in [5, 5.41) is 0. The number of anilines is 1. The number of piperidine rings is 1. The topological polar surface area (TPSA) is 42.0 Å². The SMILES string of the molecule is CCCC(=O)N1C[C@@H]2CN(c3ccc(OCCOC)cc3)[C@H](C1)C(C)(C)C2. The lowest BCUT2D eigenvalue weighted by atomic mass is 9.73. The Morgan fingerprint density at radius 3 is 2.56 bits per heavy atom. The Morgan fingerprint density at radius 1 is 1.15 bits per heavy atom. The zero-order valence-electron chi connectivity index (χ0n) is 17.2. The molecule has 5 nitrogen and oxygen atoms in total. The molecular formula is C22H34N2O3. The fourth-order valence-corrected chi connectivity index (χ4v) is 4.67. The van der Waals surface area contributed by atoms with E-state index in [0.717, 1.165) is 31.8 Å². The van der Waals surface area contributed by atoms with Crippen LogP contribution in [0.2, 0.25) is 0 Å². The van der Waals surface area contributed by atoms with Crippen molar-refractivity contribution in [2.24, 2.45) is 11.3 Å². The van der Waals surface area contributed by atoms with E-state index in [4.69, 9.17) is 9.47 Å². The molecule has 150 valence electrons. The summed E-state index contributed by atoms with van der Waals surface area (Å²) in [6.07, 6.45) is 2.76. The molecule has 0 aliphatic carbocycles. The normalized spacial score (nSPS) is 24.0. The maximum Gasteiger partial charge on any atom is 0.222 e. The lowest BCUT2D eigenvalue weighted by Crippen LogP contribution is -2.54. The molecule has 0 spiro atoms. The maximum atomic E-state index is 12.6. The lowest BCUT2D eigenvalue weighted by molar-refractivity contribution is -0.131. The van der Waals surface area contributed by atoms with Crippen molar-refractivity contribution < 1.29 is 14.3 Å². The van der Waals surface area contributed by atoms with Gasteiger partial charge in [-0.25, -0.2) is 0 Å². The highest BCUT2D eigenvalue weighted by Gasteiger charge is 2.46. The van der Waals surface area contributed by atoms with Gasteiger partial charge in [-0.3, -0.25) is 4.79 Å². The van der Waals surface area contributed by atoms with Crippen molar-refractivity contribution >= 4 is 11.6 Å². The van der Waals surface area contributed by atoms with Gasteiger partial charge in [-0.05, 0) is 48.4 Å². The average Bonchev–Trinajstić information content (AvgIpc) is 2.90. The van der Waals surface area contributed by atoms with Gasteiger partial charge in [-0.2, -0.15) is 0 Å². The number of rotatable bonds is 7. The fraction of sp³-hybridized carbons (Fsp3) is 0.682. The molecule has 4 rings (SSSR count). The molecule has 0 radical (unpaired) electrons. The van der Waals surface area contributed by atoms with Gasteiger partial charge in [0.1, 0.15) is 12.4 Å². The van der Waals surface area contributed by atoms with Gasteiger partial charge in [-0.15, -0.1) is 0 Å². The smallest absolute Gasteiger partial charge is 0.222 e. The van der Waals surface area contributed by atoms with E-state index >= 15 is 0 Å². The predicted octanol–water partition coefficient (Wildman–Crippen LogP) is 3.58. The molecule has 2 bridgehead atoms. The summed E-state index contributed by atoms with van der Waals surface area (Å²) >= 11 is 0. The average molecular weight is 375 g/mol. The first-order valence-corrected chi connectivity index (χ1v) is 10.2. The monoisotopic (exact) mass is 374 g/mol. The van der Waals surface area contributed by atoms with Gasteiger partial charge < -0.3 is 19.3 Å². The molecule has 3 heterocycles. The minimum absolute atomic E-state index is 0.192. The summed E-state index contributed by atoms with van der Waals surface area (Å²) < 4.78 is 10.7. The lowest BCUT2D eigenvalue weighted by Gasteiger charge is -2.48. The number of nitrogens with zero attached hydrogens (tertiary/aromatic N) is 2. The molecule has 2 atom stereocenters. The van der Waals surface area contributed by atoms with Crippen LogP contribution in [0.5, 0.6) is 5.75 Å². The summed E-state index contributed by atoms with van der Waals surface area (Å²) in [4.78, 5) is 17.2. The standard InChI is InChI=1S/C22H34N2O3/c1-5-6-21(25)23-14-17-13-22(2,3)20(16-23)24(15-17)18-7-9-19(10-8-18)27-12-11-26-4/h7-10,17,20H,5-6,11-16H2,1-4H3/t17-,20-/m1/s1. The molecule has 1 aromatic rings. The summed E-state index contributed by atoms with van der Waals surface area (Å²) in [7, 11) is 1.68. The van der Waals surface area contributed by atoms with Crippen molar-refractivity contribution in [2.75, 3.05) is 44.9 Å². The minimum atomic E-state index is 0.192. The first-order valence-electron chi connectivity index (χ1n) is 10.2. The molecule has 5 heteroatoms. The molecule has 3 fully saturated rings. The second kappa shape index (κ2) is 8.51. The van der Waals surface area contributed by atoms with Crippen LogP contribution in [0.15, 0.2) is 24.3 Å². The number of methoxy groups -OCH3 is 1. The van der Waals surface area contributed by atoms with Crippen molar-refractivity contribution in [1.82, 2.24) is 4.90 Å². The van der Waals surface area contributed by atoms with Crippen LogP contribution in [0.3, 0.4) is 0 Å². The summed E-state index contributed by atoms with van der Waals surface area (Å²) in [5.41, 5.74) is 1.42. The van der Waals surface area contributed by atoms with Crippen LogP contribution in [0, 0.1) is 11.3 Å². The number of fused-ring (bicyclic) bond motifs is 4. The molecular weight excluding hydrogens is 340 g/mol. The van der Waals surface area contributed by atoms with E-state index in [1.54, 1.807) is 7.11 Å². The number of amides is 1. The van der Waals surface area contributed by atoms with Gasteiger partial charge in [0, 0.05) is 38.9 Å². The number of carbonyl (C=O) groups excluding carboxylic acids is 1. The molecule has 0 aromatic heterocycles. The van der Waals surface area contributed by atoms with Gasteiger partial charge in [0.15, 0.2) is 0 Å². The van der Waals surface area contributed by atoms with Crippen LogP contribution >= 0.6 is 0 Å². The Balaban J connectivity index is 1.77. The zero-order chi connectivity index (χ0) is 19.4. The second-order valence-electron chi connectivity index (χ2n) is 8.61. The van der Waals surface area contributed by atoms with Crippen molar-refractivity contribution in [3.05, 3.63) is 24.3 Å². The summed E-state index contributed by atoms with van der Waals surface area (Å²) in [6.45, 7) is 10.7. The minimum Gasteiger partial charge on any atom is -0.491 e. The Bertz CT molecular complexity index is 629. The van der Waals surface area contributed by atoms with E-state index in [-0.39, 0.29) is 5.41 Å². The highest BCUT2D eigenvalue weighted by Crippen LogP contribution is 2.43. The number of hydrogen-bond donors (Lipinski definition) is 0. The van der Waals surface area contributed by atoms with Gasteiger partial charge in [0.25, 0.3) is 0 Å². The van der Waals surface area contributed by atoms with Gasteiger partial charge in [0.2, 0.25) is 5.91 Å². The fourth-order valence-electron chi connectivity index (χ4n) is 4.67. The van der Waals surface area contributed by atoms with Gasteiger partial charge in [0.05, 0.1) is 12.6 Å². The van der Waals surface area contributed by atoms with E-state index in [1.807, 2.05) is 12.1 Å². The van der Waals surface area contributed by atoms with Crippen LogP contribution in [0.4, 0.5) is 5.69 Å². The van der Waals surface area contributed by atoms with E-state index in [1.165, 1.54) is 12.1 Å². The highest BCUT2D eigenvalue weighted by atomic mass is 16.5. The quantitative estimate of drug-likeness (QED) is 0.684. The molecule has 0 unspecified atom stereocenters. The summed E-state index contributed by atoms with van der Waals surface area (Å²) in [5.74, 6) is 1.71. The first kappa shape index (κ1) is 20.0. The highest BCUT2D eigenvalue weighted by molar-refractivity contribution is 5.76. The molecule has 1 aromatic carbocycles.